The number of thiophene rings is 1. The van der Waals surface area contributed by atoms with Gasteiger partial charge in [-0.25, -0.2) is 0 Å². The van der Waals surface area contributed by atoms with Crippen molar-refractivity contribution in [1.82, 2.24) is 9.88 Å². The molecule has 1 fully saturated rings. The first-order chi connectivity index (χ1) is 14.7. The van der Waals surface area contributed by atoms with Crippen molar-refractivity contribution < 1.29 is 0 Å². The smallest absolute Gasteiger partial charge is 0.0934 e. The van der Waals surface area contributed by atoms with Crippen LogP contribution in [0.15, 0.2) is 66.9 Å². The number of fused-ring (bicyclic) bond motifs is 1. The van der Waals surface area contributed by atoms with Crippen LogP contribution in [0.5, 0.6) is 0 Å². The molecule has 0 radical (unpaired) electrons. The minimum absolute atomic E-state index is 0.801. The molecule has 0 saturated carbocycles. The highest BCUT2D eigenvalue weighted by atomic mass is 35.5. The first-order valence-electron chi connectivity index (χ1n) is 10.1. The molecule has 0 unspecified atom stereocenters. The Morgan fingerprint density at radius 2 is 1.73 bits per heavy atom. The fourth-order valence-electron chi connectivity index (χ4n) is 3.85. The van der Waals surface area contributed by atoms with E-state index >= 15 is 0 Å². The average Bonchev–Trinajstić information content (AvgIpc) is 3.21. The van der Waals surface area contributed by atoms with Gasteiger partial charge in [0.15, 0.2) is 0 Å². The standard InChI is InChI=1S/C24H23ClN4S/c1-28-12-14-29(15-13-28)19-5-3-18(4-6-19)27-22-10-11-26-21-7-2-17(16-20(21)22)23-8-9-24(25)30-23/h2-11,16H,12-15H2,1H3,(H,26,27). The Morgan fingerprint density at radius 1 is 0.933 bits per heavy atom. The van der Waals surface area contributed by atoms with E-state index in [1.165, 1.54) is 5.69 Å². The summed E-state index contributed by atoms with van der Waals surface area (Å²) in [6, 6.07) is 21.1. The van der Waals surface area contributed by atoms with Gasteiger partial charge in [0.05, 0.1) is 9.85 Å². The van der Waals surface area contributed by atoms with Crippen molar-refractivity contribution >= 4 is 50.9 Å². The lowest BCUT2D eigenvalue weighted by Crippen LogP contribution is -2.44. The first kappa shape index (κ1) is 19.4. The SMILES string of the molecule is CN1CCN(c2ccc(Nc3ccnc4ccc(-c5ccc(Cl)s5)cc34)cc2)CC1. The molecule has 5 rings (SSSR count). The number of benzene rings is 2. The molecule has 1 saturated heterocycles. The fraction of sp³-hybridized carbons (Fsp3) is 0.208. The minimum atomic E-state index is 0.801. The molecule has 0 atom stereocenters. The third-order valence-electron chi connectivity index (χ3n) is 5.61. The van der Waals surface area contributed by atoms with Gasteiger partial charge in [0, 0.05) is 59.7 Å². The Morgan fingerprint density at radius 3 is 2.47 bits per heavy atom. The molecule has 1 aliphatic heterocycles. The topological polar surface area (TPSA) is 31.4 Å². The molecular formula is C24H23ClN4S. The molecular weight excluding hydrogens is 412 g/mol. The van der Waals surface area contributed by atoms with Crippen molar-refractivity contribution in [1.29, 1.82) is 0 Å². The number of pyridine rings is 1. The molecule has 0 aliphatic carbocycles. The van der Waals surface area contributed by atoms with Gasteiger partial charge in [-0.05, 0) is 67.2 Å². The van der Waals surface area contributed by atoms with Gasteiger partial charge in [-0.3, -0.25) is 4.98 Å². The summed E-state index contributed by atoms with van der Waals surface area (Å²) in [5, 5.41) is 4.68. The zero-order chi connectivity index (χ0) is 20.5. The third kappa shape index (κ3) is 4.01. The zero-order valence-corrected chi connectivity index (χ0v) is 18.4. The summed E-state index contributed by atoms with van der Waals surface area (Å²) < 4.78 is 0.801. The molecule has 1 aliphatic rings. The van der Waals surface area contributed by atoms with Crippen LogP contribution in [0.2, 0.25) is 4.34 Å². The van der Waals surface area contributed by atoms with Crippen LogP contribution < -0.4 is 10.2 Å². The van der Waals surface area contributed by atoms with Crippen molar-refractivity contribution in [3.8, 4) is 10.4 Å². The highest BCUT2D eigenvalue weighted by molar-refractivity contribution is 7.19. The Balaban J connectivity index is 1.40. The molecule has 6 heteroatoms. The number of aromatic nitrogens is 1. The van der Waals surface area contributed by atoms with E-state index in [0.717, 1.165) is 63.2 Å². The summed E-state index contributed by atoms with van der Waals surface area (Å²) >= 11 is 7.72. The summed E-state index contributed by atoms with van der Waals surface area (Å²) in [4.78, 5) is 10.5. The molecule has 1 N–H and O–H groups in total. The number of anilines is 3. The minimum Gasteiger partial charge on any atom is -0.369 e. The highest BCUT2D eigenvalue weighted by Crippen LogP contribution is 2.34. The van der Waals surface area contributed by atoms with Gasteiger partial charge in [0.1, 0.15) is 0 Å². The quantitative estimate of drug-likeness (QED) is 0.419. The summed E-state index contributed by atoms with van der Waals surface area (Å²) in [6.45, 7) is 4.38. The monoisotopic (exact) mass is 434 g/mol. The van der Waals surface area contributed by atoms with E-state index in [1.807, 2.05) is 18.3 Å². The van der Waals surface area contributed by atoms with Crippen LogP contribution in [-0.4, -0.2) is 43.1 Å². The van der Waals surface area contributed by atoms with Gasteiger partial charge < -0.3 is 15.1 Å². The maximum atomic E-state index is 6.13. The second kappa shape index (κ2) is 8.26. The van der Waals surface area contributed by atoms with Gasteiger partial charge in [-0.2, -0.15) is 0 Å². The molecule has 4 nitrogen and oxygen atoms in total. The molecule has 0 bridgehead atoms. The molecule has 30 heavy (non-hydrogen) atoms. The molecule has 152 valence electrons. The fourth-order valence-corrected chi connectivity index (χ4v) is 4.89. The second-order valence-electron chi connectivity index (χ2n) is 7.66. The van der Waals surface area contributed by atoms with Crippen molar-refractivity contribution in [3.05, 3.63) is 71.2 Å². The Kier molecular flexibility index (Phi) is 5.34. The zero-order valence-electron chi connectivity index (χ0n) is 16.8. The van der Waals surface area contributed by atoms with Gasteiger partial charge in [-0.1, -0.05) is 17.7 Å². The van der Waals surface area contributed by atoms with Crippen LogP contribution in [0.1, 0.15) is 0 Å². The van der Waals surface area contributed by atoms with Gasteiger partial charge in [0.2, 0.25) is 0 Å². The van der Waals surface area contributed by atoms with Gasteiger partial charge in [0.25, 0.3) is 0 Å². The number of piperazine rings is 1. The summed E-state index contributed by atoms with van der Waals surface area (Å²) in [7, 11) is 2.18. The number of halogens is 1. The average molecular weight is 435 g/mol. The van der Waals surface area contributed by atoms with Crippen LogP contribution in [0, 0.1) is 0 Å². The summed E-state index contributed by atoms with van der Waals surface area (Å²) in [6.07, 6.45) is 1.85. The van der Waals surface area contributed by atoms with Crippen LogP contribution in [0.4, 0.5) is 17.1 Å². The normalized spacial score (nSPS) is 14.9. The molecule has 0 spiro atoms. The number of nitrogens with zero attached hydrogens (tertiary/aromatic N) is 3. The van der Waals surface area contributed by atoms with Crippen LogP contribution in [-0.2, 0) is 0 Å². The predicted octanol–water partition coefficient (Wildman–Crippen LogP) is 6.11. The van der Waals surface area contributed by atoms with Crippen LogP contribution in [0.25, 0.3) is 21.3 Å². The number of likely N-dealkylation sites (N-methyl/N-ethyl adjacent to an activating group) is 1. The van der Waals surface area contributed by atoms with E-state index in [4.69, 9.17) is 11.6 Å². The van der Waals surface area contributed by atoms with E-state index in [2.05, 4.69) is 75.7 Å². The first-order valence-corrected chi connectivity index (χ1v) is 11.3. The largest absolute Gasteiger partial charge is 0.369 e. The maximum Gasteiger partial charge on any atom is 0.0934 e. The molecule has 0 amide bonds. The highest BCUT2D eigenvalue weighted by Gasteiger charge is 2.14. The van der Waals surface area contributed by atoms with Gasteiger partial charge >= 0.3 is 0 Å². The Hall–Kier alpha value is -2.60. The van der Waals surface area contributed by atoms with Crippen LogP contribution >= 0.6 is 22.9 Å². The van der Waals surface area contributed by atoms with E-state index in [0.29, 0.717) is 0 Å². The summed E-state index contributed by atoms with van der Waals surface area (Å²) in [5.41, 5.74) is 5.54. The van der Waals surface area contributed by atoms with E-state index < -0.39 is 0 Å². The van der Waals surface area contributed by atoms with Gasteiger partial charge in [-0.15, -0.1) is 11.3 Å². The molecule has 2 aromatic heterocycles. The second-order valence-corrected chi connectivity index (χ2v) is 9.37. The van der Waals surface area contributed by atoms with Crippen LogP contribution in [0.3, 0.4) is 0 Å². The lowest BCUT2D eigenvalue weighted by molar-refractivity contribution is 0.313. The van der Waals surface area contributed by atoms with Crippen molar-refractivity contribution in [2.75, 3.05) is 43.4 Å². The number of nitrogens with one attached hydrogen (secondary N) is 1. The number of rotatable bonds is 4. The lowest BCUT2D eigenvalue weighted by atomic mass is 10.1. The number of hydrogen-bond donors (Lipinski definition) is 1. The maximum absolute atomic E-state index is 6.13. The number of hydrogen-bond acceptors (Lipinski definition) is 5. The van der Waals surface area contributed by atoms with Crippen molar-refractivity contribution in [2.45, 2.75) is 0 Å². The van der Waals surface area contributed by atoms with Crippen molar-refractivity contribution in [2.24, 2.45) is 0 Å². The molecule has 2 aromatic carbocycles. The van der Waals surface area contributed by atoms with E-state index in [-0.39, 0.29) is 0 Å². The van der Waals surface area contributed by atoms with E-state index in [1.54, 1.807) is 11.3 Å². The molecule has 4 aromatic rings. The third-order valence-corrected chi connectivity index (χ3v) is 6.89. The summed E-state index contributed by atoms with van der Waals surface area (Å²) in [5.74, 6) is 0. The molecule has 3 heterocycles. The predicted molar refractivity (Wildman–Crippen MR) is 130 cm³/mol. The lowest BCUT2D eigenvalue weighted by Gasteiger charge is -2.34. The Bertz CT molecular complexity index is 1160. The van der Waals surface area contributed by atoms with E-state index in [9.17, 15) is 0 Å². The Labute approximate surface area is 185 Å². The van der Waals surface area contributed by atoms with Crippen molar-refractivity contribution in [3.63, 3.8) is 0 Å².